The van der Waals surface area contributed by atoms with Gasteiger partial charge < -0.3 is 12.4 Å². The molecule has 1 unspecified atom stereocenters. The van der Waals surface area contributed by atoms with Gasteiger partial charge in [-0.2, -0.15) is 0 Å². The first-order chi connectivity index (χ1) is 7.36. The van der Waals surface area contributed by atoms with E-state index in [1.807, 2.05) is 0 Å². The SMILES string of the molecule is CCCCCCCC[NH+]1C=CC(CC)=C1.[Cl-]. The first kappa shape index (κ1) is 15.7. The van der Waals surface area contributed by atoms with Crippen LogP contribution in [0.2, 0.25) is 0 Å². The predicted octanol–water partition coefficient (Wildman–Crippen LogP) is 0.0570. The van der Waals surface area contributed by atoms with E-state index in [0.29, 0.717) is 0 Å². The van der Waals surface area contributed by atoms with E-state index in [-0.39, 0.29) is 12.4 Å². The van der Waals surface area contributed by atoms with Gasteiger partial charge in [-0.1, -0.05) is 39.5 Å². The molecule has 1 nitrogen and oxygen atoms in total. The molecule has 0 amide bonds. The number of hydrogen-bond acceptors (Lipinski definition) is 0. The topological polar surface area (TPSA) is 4.44 Å². The van der Waals surface area contributed by atoms with Gasteiger partial charge in [0.2, 0.25) is 0 Å². The summed E-state index contributed by atoms with van der Waals surface area (Å²) < 4.78 is 0. The molecular formula is C14H26ClN. The number of hydrogen-bond donors (Lipinski definition) is 1. The van der Waals surface area contributed by atoms with Crippen molar-refractivity contribution in [3.8, 4) is 0 Å². The van der Waals surface area contributed by atoms with E-state index in [9.17, 15) is 0 Å². The van der Waals surface area contributed by atoms with E-state index in [0.717, 1.165) is 0 Å². The molecule has 16 heavy (non-hydrogen) atoms. The number of quaternary nitrogens is 1. The lowest BCUT2D eigenvalue weighted by atomic mass is 10.1. The third kappa shape index (κ3) is 6.34. The van der Waals surface area contributed by atoms with Gasteiger partial charge in [0, 0.05) is 11.6 Å². The minimum Gasteiger partial charge on any atom is -1.00 e. The van der Waals surface area contributed by atoms with Gasteiger partial charge in [0.15, 0.2) is 0 Å². The average molecular weight is 244 g/mol. The molecule has 1 heterocycles. The average Bonchev–Trinajstić information content (AvgIpc) is 2.71. The van der Waals surface area contributed by atoms with E-state index < -0.39 is 0 Å². The summed E-state index contributed by atoms with van der Waals surface area (Å²) in [5.41, 5.74) is 1.50. The quantitative estimate of drug-likeness (QED) is 0.575. The molecule has 0 bridgehead atoms. The summed E-state index contributed by atoms with van der Waals surface area (Å²) in [5, 5.41) is 0. The molecular weight excluding hydrogens is 218 g/mol. The fourth-order valence-corrected chi connectivity index (χ4v) is 2.03. The van der Waals surface area contributed by atoms with Crippen LogP contribution in [0.5, 0.6) is 0 Å². The van der Waals surface area contributed by atoms with Gasteiger partial charge in [-0.15, -0.1) is 0 Å². The van der Waals surface area contributed by atoms with Crippen LogP contribution in [-0.2, 0) is 0 Å². The monoisotopic (exact) mass is 243 g/mol. The fourth-order valence-electron chi connectivity index (χ4n) is 2.03. The van der Waals surface area contributed by atoms with Crippen LogP contribution in [0.1, 0.15) is 58.8 Å². The van der Waals surface area contributed by atoms with Crippen LogP contribution < -0.4 is 17.3 Å². The zero-order valence-electron chi connectivity index (χ0n) is 10.8. The Balaban J connectivity index is 0.00000225. The van der Waals surface area contributed by atoms with Gasteiger partial charge in [-0.05, 0) is 19.3 Å². The number of unbranched alkanes of at least 4 members (excludes halogenated alkanes) is 5. The van der Waals surface area contributed by atoms with Crippen LogP contribution >= 0.6 is 0 Å². The lowest BCUT2D eigenvalue weighted by molar-refractivity contribution is -0.788. The van der Waals surface area contributed by atoms with Gasteiger partial charge in [0.25, 0.3) is 0 Å². The second-order valence-electron chi connectivity index (χ2n) is 4.50. The molecule has 0 aliphatic carbocycles. The standard InChI is InChI=1S/C14H25N.ClH/c1-3-5-6-7-8-9-11-15-12-10-14(4-2)13-15;/h10,12-13H,3-9,11H2,1-2H3;1H. The number of rotatable bonds is 8. The third-order valence-corrected chi connectivity index (χ3v) is 3.11. The molecule has 2 heteroatoms. The molecule has 1 N–H and O–H groups in total. The largest absolute Gasteiger partial charge is 1.00 e. The van der Waals surface area contributed by atoms with Crippen LogP contribution in [0.25, 0.3) is 0 Å². The molecule has 0 aromatic carbocycles. The second-order valence-corrected chi connectivity index (χ2v) is 4.50. The highest BCUT2D eigenvalue weighted by Gasteiger charge is 2.08. The molecule has 94 valence electrons. The Hall–Kier alpha value is -0.270. The first-order valence-corrected chi connectivity index (χ1v) is 6.61. The van der Waals surface area contributed by atoms with E-state index in [2.05, 4.69) is 32.3 Å². The number of halogens is 1. The highest BCUT2D eigenvalue weighted by atomic mass is 35.5. The van der Waals surface area contributed by atoms with Crippen molar-refractivity contribution in [2.75, 3.05) is 6.54 Å². The number of nitrogens with one attached hydrogen (secondary N) is 1. The predicted molar refractivity (Wildman–Crippen MR) is 66.7 cm³/mol. The van der Waals surface area contributed by atoms with Crippen molar-refractivity contribution in [3.05, 3.63) is 24.0 Å². The summed E-state index contributed by atoms with van der Waals surface area (Å²) in [6.45, 7) is 5.78. The Morgan fingerprint density at radius 2 is 1.69 bits per heavy atom. The molecule has 0 aromatic rings. The van der Waals surface area contributed by atoms with Gasteiger partial charge in [0.1, 0.15) is 6.20 Å². The van der Waals surface area contributed by atoms with Crippen molar-refractivity contribution in [3.63, 3.8) is 0 Å². The van der Waals surface area contributed by atoms with Crippen molar-refractivity contribution in [1.82, 2.24) is 0 Å². The first-order valence-electron chi connectivity index (χ1n) is 6.61. The Morgan fingerprint density at radius 1 is 1.00 bits per heavy atom. The molecule has 0 fully saturated rings. The molecule has 0 radical (unpaired) electrons. The van der Waals surface area contributed by atoms with Gasteiger partial charge in [0.05, 0.1) is 12.7 Å². The Morgan fingerprint density at radius 3 is 2.31 bits per heavy atom. The van der Waals surface area contributed by atoms with Crippen LogP contribution in [-0.4, -0.2) is 6.54 Å². The summed E-state index contributed by atoms with van der Waals surface area (Å²) in [6, 6.07) is 0. The van der Waals surface area contributed by atoms with Gasteiger partial charge >= 0.3 is 0 Å². The van der Waals surface area contributed by atoms with Crippen molar-refractivity contribution in [1.29, 1.82) is 0 Å². The van der Waals surface area contributed by atoms with Crippen LogP contribution in [0.4, 0.5) is 0 Å². The van der Waals surface area contributed by atoms with Gasteiger partial charge in [-0.3, -0.25) is 4.90 Å². The molecule has 0 aromatic heterocycles. The van der Waals surface area contributed by atoms with Gasteiger partial charge in [-0.25, -0.2) is 0 Å². The maximum absolute atomic E-state index is 2.37. The summed E-state index contributed by atoms with van der Waals surface area (Å²) >= 11 is 0. The minimum absolute atomic E-state index is 0. The summed E-state index contributed by atoms with van der Waals surface area (Å²) in [6.07, 6.45) is 16.5. The smallest absolute Gasteiger partial charge is 0.102 e. The Labute approximate surface area is 107 Å². The minimum atomic E-state index is 0. The normalized spacial score (nSPS) is 18.4. The van der Waals surface area contributed by atoms with E-state index in [1.165, 1.54) is 57.1 Å². The van der Waals surface area contributed by atoms with E-state index in [1.54, 1.807) is 4.90 Å². The zero-order valence-corrected chi connectivity index (χ0v) is 11.5. The van der Waals surface area contributed by atoms with Crippen LogP contribution in [0.15, 0.2) is 24.0 Å². The van der Waals surface area contributed by atoms with Crippen molar-refractivity contribution < 1.29 is 17.3 Å². The molecule has 0 saturated heterocycles. The second kappa shape index (κ2) is 9.92. The summed E-state index contributed by atoms with van der Waals surface area (Å²) in [7, 11) is 0. The fraction of sp³-hybridized carbons (Fsp3) is 0.714. The Kier molecular flexibility index (Phi) is 9.75. The summed E-state index contributed by atoms with van der Waals surface area (Å²) in [4.78, 5) is 1.54. The highest BCUT2D eigenvalue weighted by Crippen LogP contribution is 2.05. The lowest BCUT2D eigenvalue weighted by Gasteiger charge is -2.06. The Bertz CT molecular complexity index is 221. The lowest BCUT2D eigenvalue weighted by Crippen LogP contribution is -3.01. The zero-order chi connectivity index (χ0) is 10.9. The van der Waals surface area contributed by atoms with E-state index >= 15 is 0 Å². The van der Waals surface area contributed by atoms with Crippen molar-refractivity contribution >= 4 is 0 Å². The van der Waals surface area contributed by atoms with Crippen LogP contribution in [0, 0.1) is 0 Å². The molecule has 1 aliphatic rings. The summed E-state index contributed by atoms with van der Waals surface area (Å²) in [5.74, 6) is 0. The third-order valence-electron chi connectivity index (χ3n) is 3.11. The highest BCUT2D eigenvalue weighted by molar-refractivity contribution is 5.17. The molecule has 1 aliphatic heterocycles. The molecule has 0 saturated carbocycles. The van der Waals surface area contributed by atoms with Crippen molar-refractivity contribution in [2.24, 2.45) is 0 Å². The van der Waals surface area contributed by atoms with Crippen molar-refractivity contribution in [2.45, 2.75) is 58.8 Å². The molecule has 0 spiro atoms. The van der Waals surface area contributed by atoms with Crippen LogP contribution in [0.3, 0.4) is 0 Å². The molecule has 1 atom stereocenters. The van der Waals surface area contributed by atoms with E-state index in [4.69, 9.17) is 0 Å². The maximum Gasteiger partial charge on any atom is 0.102 e. The number of allylic oxidation sites excluding steroid dienone is 2. The molecule has 1 rings (SSSR count). The maximum atomic E-state index is 2.37.